The number of rotatable bonds is 3. The van der Waals surface area contributed by atoms with Crippen LogP contribution in [-0.4, -0.2) is 33.9 Å². The third-order valence-electron chi connectivity index (χ3n) is 3.52. The average Bonchev–Trinajstić information content (AvgIpc) is 3.13. The van der Waals surface area contributed by atoms with Gasteiger partial charge in [-0.2, -0.15) is 0 Å². The molecule has 1 aliphatic heterocycles. The van der Waals surface area contributed by atoms with Gasteiger partial charge in [0.2, 0.25) is 5.82 Å². The summed E-state index contributed by atoms with van der Waals surface area (Å²) in [6, 6.07) is 14.7. The number of carbonyl (C=O) groups is 1. The molecule has 0 aliphatic carbocycles. The second-order valence-corrected chi connectivity index (χ2v) is 5.16. The van der Waals surface area contributed by atoms with Crippen LogP contribution in [0.2, 0.25) is 0 Å². The van der Waals surface area contributed by atoms with E-state index in [0.717, 1.165) is 5.69 Å². The van der Waals surface area contributed by atoms with Gasteiger partial charge in [0.25, 0.3) is 5.91 Å². The highest BCUT2D eigenvalue weighted by Crippen LogP contribution is 2.32. The molecule has 0 unspecified atom stereocenters. The van der Waals surface area contributed by atoms with Crippen LogP contribution in [0.3, 0.4) is 0 Å². The first-order valence-corrected chi connectivity index (χ1v) is 7.48. The maximum Gasteiger partial charge on any atom is 0.295 e. The number of benzene rings is 2. The Kier molecular flexibility index (Phi) is 3.59. The number of anilines is 1. The molecule has 1 amide bonds. The summed E-state index contributed by atoms with van der Waals surface area (Å²) in [7, 11) is 0. The number of fused-ring (bicyclic) bond motifs is 1. The summed E-state index contributed by atoms with van der Waals surface area (Å²) >= 11 is 0. The Bertz CT molecular complexity index is 877. The molecule has 120 valence electrons. The minimum atomic E-state index is -0.388. The van der Waals surface area contributed by atoms with Gasteiger partial charge in [-0.25, -0.2) is 9.67 Å². The van der Waals surface area contributed by atoms with Crippen LogP contribution in [0.15, 0.2) is 54.9 Å². The van der Waals surface area contributed by atoms with Gasteiger partial charge in [0.05, 0.1) is 5.69 Å². The van der Waals surface area contributed by atoms with Gasteiger partial charge >= 0.3 is 0 Å². The summed E-state index contributed by atoms with van der Waals surface area (Å²) in [6.07, 6.45) is 1.51. The maximum absolute atomic E-state index is 12.3. The van der Waals surface area contributed by atoms with E-state index in [1.165, 1.54) is 6.33 Å². The fraction of sp³-hybridized carbons (Fsp3) is 0.118. The maximum atomic E-state index is 12.3. The number of hydrogen-bond acceptors (Lipinski definition) is 5. The Hall–Kier alpha value is -3.35. The molecule has 0 spiro atoms. The molecule has 24 heavy (non-hydrogen) atoms. The van der Waals surface area contributed by atoms with E-state index in [1.54, 1.807) is 22.9 Å². The number of hydrogen-bond donors (Lipinski definition) is 1. The number of nitrogens with one attached hydrogen (secondary N) is 1. The first kappa shape index (κ1) is 14.3. The monoisotopic (exact) mass is 322 g/mol. The Balaban J connectivity index is 1.51. The van der Waals surface area contributed by atoms with Gasteiger partial charge < -0.3 is 14.8 Å². The zero-order valence-electron chi connectivity index (χ0n) is 12.7. The van der Waals surface area contributed by atoms with Crippen molar-refractivity contribution in [1.82, 2.24) is 14.8 Å². The van der Waals surface area contributed by atoms with E-state index in [0.29, 0.717) is 30.4 Å². The number of amides is 1. The van der Waals surface area contributed by atoms with Crippen LogP contribution in [0.25, 0.3) is 5.69 Å². The van der Waals surface area contributed by atoms with Crippen LogP contribution in [0.4, 0.5) is 5.69 Å². The summed E-state index contributed by atoms with van der Waals surface area (Å²) in [5.74, 6) is 0.989. The predicted octanol–water partition coefficient (Wildman–Crippen LogP) is 2.29. The van der Waals surface area contributed by atoms with E-state index in [4.69, 9.17) is 9.47 Å². The van der Waals surface area contributed by atoms with Crippen LogP contribution in [0, 0.1) is 0 Å². The van der Waals surface area contributed by atoms with Gasteiger partial charge in [-0.05, 0) is 24.3 Å². The van der Waals surface area contributed by atoms with Gasteiger partial charge in [0.15, 0.2) is 11.5 Å². The van der Waals surface area contributed by atoms with Crippen molar-refractivity contribution in [1.29, 1.82) is 0 Å². The number of para-hydroxylation sites is 1. The minimum Gasteiger partial charge on any atom is -0.486 e. The van der Waals surface area contributed by atoms with Crippen molar-refractivity contribution in [3.05, 3.63) is 60.7 Å². The zero-order chi connectivity index (χ0) is 16.4. The van der Waals surface area contributed by atoms with E-state index in [1.807, 2.05) is 30.3 Å². The largest absolute Gasteiger partial charge is 0.486 e. The zero-order valence-corrected chi connectivity index (χ0v) is 12.7. The fourth-order valence-corrected chi connectivity index (χ4v) is 2.38. The molecule has 1 aromatic heterocycles. The second kappa shape index (κ2) is 6.04. The predicted molar refractivity (Wildman–Crippen MR) is 86.7 cm³/mol. The van der Waals surface area contributed by atoms with Crippen LogP contribution in [0.5, 0.6) is 11.5 Å². The lowest BCUT2D eigenvalue weighted by atomic mass is 10.2. The molecular weight excluding hydrogens is 308 g/mol. The highest BCUT2D eigenvalue weighted by molar-refractivity contribution is 6.01. The summed E-state index contributed by atoms with van der Waals surface area (Å²) in [4.78, 5) is 16.4. The molecule has 0 saturated carbocycles. The van der Waals surface area contributed by atoms with E-state index in [2.05, 4.69) is 15.4 Å². The molecule has 2 heterocycles. The van der Waals surface area contributed by atoms with Gasteiger partial charge in [-0.1, -0.05) is 18.2 Å². The summed E-state index contributed by atoms with van der Waals surface area (Å²) in [6.45, 7) is 1.02. The third kappa shape index (κ3) is 2.79. The number of nitrogens with zero attached hydrogens (tertiary/aromatic N) is 3. The molecule has 3 aromatic rings. The first-order chi connectivity index (χ1) is 11.8. The van der Waals surface area contributed by atoms with Gasteiger partial charge in [-0.15, -0.1) is 5.10 Å². The van der Waals surface area contributed by atoms with Crippen molar-refractivity contribution in [2.75, 3.05) is 18.5 Å². The van der Waals surface area contributed by atoms with Gasteiger partial charge in [0, 0.05) is 11.8 Å². The van der Waals surface area contributed by atoms with Gasteiger partial charge in [-0.3, -0.25) is 4.79 Å². The molecule has 7 nitrogen and oxygen atoms in total. The molecule has 0 atom stereocenters. The molecule has 4 rings (SSSR count). The van der Waals surface area contributed by atoms with Crippen molar-refractivity contribution in [2.45, 2.75) is 0 Å². The average molecular weight is 322 g/mol. The van der Waals surface area contributed by atoms with Gasteiger partial charge in [0.1, 0.15) is 19.5 Å². The quantitative estimate of drug-likeness (QED) is 0.800. The second-order valence-electron chi connectivity index (χ2n) is 5.16. The summed E-state index contributed by atoms with van der Waals surface area (Å²) < 4.78 is 12.5. The SMILES string of the molecule is O=C(Nc1ccc2c(c1)OCCO2)c1ncn(-c2ccccc2)n1. The van der Waals surface area contributed by atoms with Crippen LogP contribution < -0.4 is 14.8 Å². The van der Waals surface area contributed by atoms with Crippen LogP contribution in [0.1, 0.15) is 10.6 Å². The topological polar surface area (TPSA) is 78.3 Å². The number of aromatic nitrogens is 3. The van der Waals surface area contributed by atoms with E-state index >= 15 is 0 Å². The van der Waals surface area contributed by atoms with E-state index in [9.17, 15) is 4.79 Å². The molecule has 0 radical (unpaired) electrons. The molecule has 0 bridgehead atoms. The molecule has 0 fully saturated rings. The van der Waals surface area contributed by atoms with Crippen molar-refractivity contribution in [2.24, 2.45) is 0 Å². The lowest BCUT2D eigenvalue weighted by Crippen LogP contribution is -2.17. The van der Waals surface area contributed by atoms with E-state index in [-0.39, 0.29) is 11.7 Å². The number of ether oxygens (including phenoxy) is 2. The summed E-state index contributed by atoms with van der Waals surface area (Å²) in [5, 5.41) is 6.96. The Morgan fingerprint density at radius 2 is 1.83 bits per heavy atom. The molecule has 0 saturated heterocycles. The Morgan fingerprint density at radius 1 is 1.04 bits per heavy atom. The molecular formula is C17H14N4O3. The van der Waals surface area contributed by atoms with Crippen molar-refractivity contribution < 1.29 is 14.3 Å². The Morgan fingerprint density at radius 3 is 2.67 bits per heavy atom. The van der Waals surface area contributed by atoms with Crippen molar-refractivity contribution >= 4 is 11.6 Å². The number of carbonyl (C=O) groups excluding carboxylic acids is 1. The Labute approximate surface area is 137 Å². The molecule has 7 heteroatoms. The fourth-order valence-electron chi connectivity index (χ4n) is 2.38. The van der Waals surface area contributed by atoms with E-state index < -0.39 is 0 Å². The summed E-state index contributed by atoms with van der Waals surface area (Å²) in [5.41, 5.74) is 1.43. The lowest BCUT2D eigenvalue weighted by Gasteiger charge is -2.18. The smallest absolute Gasteiger partial charge is 0.295 e. The van der Waals surface area contributed by atoms with Crippen LogP contribution in [-0.2, 0) is 0 Å². The molecule has 2 aromatic carbocycles. The lowest BCUT2D eigenvalue weighted by molar-refractivity contribution is 0.101. The standard InChI is InChI=1S/C17H14N4O3/c22-17(16-18-11-21(20-16)13-4-2-1-3-5-13)19-12-6-7-14-15(10-12)24-9-8-23-14/h1-7,10-11H,8-9H2,(H,19,22). The highest BCUT2D eigenvalue weighted by atomic mass is 16.6. The normalized spacial score (nSPS) is 12.7. The third-order valence-corrected chi connectivity index (χ3v) is 3.52. The van der Waals surface area contributed by atoms with Crippen molar-refractivity contribution in [3.8, 4) is 17.2 Å². The first-order valence-electron chi connectivity index (χ1n) is 7.48. The highest BCUT2D eigenvalue weighted by Gasteiger charge is 2.15. The van der Waals surface area contributed by atoms with Crippen molar-refractivity contribution in [3.63, 3.8) is 0 Å². The molecule has 1 aliphatic rings. The minimum absolute atomic E-state index is 0.0914. The molecule has 1 N–H and O–H groups in total. The van der Waals surface area contributed by atoms with Crippen LogP contribution >= 0.6 is 0 Å².